The predicted molar refractivity (Wildman–Crippen MR) is 91.8 cm³/mol. The van der Waals surface area contributed by atoms with Crippen molar-refractivity contribution in [3.8, 4) is 0 Å². The van der Waals surface area contributed by atoms with Crippen molar-refractivity contribution in [1.29, 1.82) is 0 Å². The van der Waals surface area contributed by atoms with E-state index in [1.807, 2.05) is 20.8 Å². The van der Waals surface area contributed by atoms with Crippen molar-refractivity contribution in [1.82, 2.24) is 10.6 Å². The van der Waals surface area contributed by atoms with Gasteiger partial charge in [0.25, 0.3) is 11.8 Å². The van der Waals surface area contributed by atoms with Crippen LogP contribution in [0.15, 0.2) is 24.3 Å². The molecule has 0 spiro atoms. The van der Waals surface area contributed by atoms with Gasteiger partial charge in [0, 0.05) is 6.04 Å². The average Bonchev–Trinajstić information content (AvgIpc) is 2.52. The lowest BCUT2D eigenvalue weighted by atomic mass is 10.1. The molecular weight excluding hydrogens is 332 g/mol. The van der Waals surface area contributed by atoms with Gasteiger partial charge in [-0.25, -0.2) is 4.79 Å². The average molecular weight is 355 g/mol. The van der Waals surface area contributed by atoms with E-state index in [4.69, 9.17) is 16.3 Å². The van der Waals surface area contributed by atoms with Crippen LogP contribution in [0.1, 0.15) is 38.1 Å². The van der Waals surface area contributed by atoms with Crippen molar-refractivity contribution in [2.45, 2.75) is 39.8 Å². The summed E-state index contributed by atoms with van der Waals surface area (Å²) in [6.07, 6.45) is 0. The molecule has 0 radical (unpaired) electrons. The van der Waals surface area contributed by atoms with Crippen molar-refractivity contribution in [2.24, 2.45) is 5.92 Å². The normalized spacial score (nSPS) is 13.1. The van der Waals surface area contributed by atoms with Gasteiger partial charge < -0.3 is 15.4 Å². The summed E-state index contributed by atoms with van der Waals surface area (Å²) in [6, 6.07) is 5.59. The molecule has 0 saturated heterocycles. The van der Waals surface area contributed by atoms with Crippen LogP contribution in [0.5, 0.6) is 0 Å². The van der Waals surface area contributed by atoms with Crippen LogP contribution in [0.2, 0.25) is 5.02 Å². The molecule has 1 aromatic carbocycles. The number of ether oxygens (including phenoxy) is 1. The third-order valence-electron chi connectivity index (χ3n) is 3.55. The monoisotopic (exact) mass is 354 g/mol. The summed E-state index contributed by atoms with van der Waals surface area (Å²) in [5, 5.41) is 5.51. The Hall–Kier alpha value is -2.08. The van der Waals surface area contributed by atoms with Crippen LogP contribution in [0, 0.1) is 5.92 Å². The minimum atomic E-state index is -0.899. The summed E-state index contributed by atoms with van der Waals surface area (Å²) < 4.78 is 4.91. The van der Waals surface area contributed by atoms with E-state index in [1.54, 1.807) is 24.3 Å². The fourth-order valence-electron chi connectivity index (χ4n) is 1.70. The topological polar surface area (TPSA) is 84.5 Å². The number of benzene rings is 1. The summed E-state index contributed by atoms with van der Waals surface area (Å²) in [7, 11) is 0. The van der Waals surface area contributed by atoms with E-state index in [9.17, 15) is 14.4 Å². The van der Waals surface area contributed by atoms with Crippen molar-refractivity contribution < 1.29 is 19.1 Å². The maximum Gasteiger partial charge on any atom is 0.328 e. The number of halogens is 1. The first-order chi connectivity index (χ1) is 11.2. The maximum atomic E-state index is 12.1. The highest BCUT2D eigenvalue weighted by Crippen LogP contribution is 2.14. The number of carbonyl (C=O) groups is 3. The highest BCUT2D eigenvalue weighted by atomic mass is 35.5. The van der Waals surface area contributed by atoms with E-state index in [-0.39, 0.29) is 35.1 Å². The number of rotatable bonds is 7. The predicted octanol–water partition coefficient (Wildman–Crippen LogP) is 2.16. The second-order valence-electron chi connectivity index (χ2n) is 5.88. The Morgan fingerprint density at radius 1 is 1.08 bits per heavy atom. The van der Waals surface area contributed by atoms with Gasteiger partial charge in [0.15, 0.2) is 6.61 Å². The van der Waals surface area contributed by atoms with Gasteiger partial charge in [-0.2, -0.15) is 0 Å². The third kappa shape index (κ3) is 6.20. The van der Waals surface area contributed by atoms with Crippen LogP contribution in [0.3, 0.4) is 0 Å². The number of esters is 1. The Bertz CT molecular complexity index is 604. The van der Waals surface area contributed by atoms with Gasteiger partial charge in [-0.1, -0.05) is 37.6 Å². The van der Waals surface area contributed by atoms with Crippen molar-refractivity contribution in [3.63, 3.8) is 0 Å². The molecule has 24 heavy (non-hydrogen) atoms. The Morgan fingerprint density at radius 3 is 2.29 bits per heavy atom. The molecule has 6 nitrogen and oxygen atoms in total. The molecule has 2 atom stereocenters. The van der Waals surface area contributed by atoms with E-state index < -0.39 is 17.9 Å². The lowest BCUT2D eigenvalue weighted by Crippen LogP contribution is -2.42. The quantitative estimate of drug-likeness (QED) is 0.735. The number of carbonyl (C=O) groups excluding carboxylic acids is 3. The molecule has 2 N–H and O–H groups in total. The first-order valence-corrected chi connectivity index (χ1v) is 8.11. The van der Waals surface area contributed by atoms with Crippen LogP contribution in [-0.4, -0.2) is 36.5 Å². The lowest BCUT2D eigenvalue weighted by Gasteiger charge is -2.18. The number of hydrogen-bond acceptors (Lipinski definition) is 4. The number of nitrogens with one attached hydrogen (secondary N) is 2. The van der Waals surface area contributed by atoms with Gasteiger partial charge in [-0.3, -0.25) is 9.59 Å². The summed E-state index contributed by atoms with van der Waals surface area (Å²) in [4.78, 5) is 35.6. The molecule has 1 rings (SSSR count). The first-order valence-electron chi connectivity index (χ1n) is 7.73. The summed E-state index contributed by atoms with van der Waals surface area (Å²) in [6.45, 7) is 6.91. The molecule has 132 valence electrons. The molecule has 0 saturated carbocycles. The molecule has 2 amide bonds. The number of amides is 2. The molecule has 0 aliphatic heterocycles. The molecule has 7 heteroatoms. The smallest absolute Gasteiger partial charge is 0.328 e. The highest BCUT2D eigenvalue weighted by molar-refractivity contribution is 6.33. The largest absolute Gasteiger partial charge is 0.454 e. The van der Waals surface area contributed by atoms with E-state index in [1.165, 1.54) is 6.92 Å². The van der Waals surface area contributed by atoms with Crippen molar-refractivity contribution in [2.75, 3.05) is 6.61 Å². The van der Waals surface area contributed by atoms with Crippen molar-refractivity contribution >= 4 is 29.4 Å². The Balaban J connectivity index is 2.46. The molecule has 0 aliphatic rings. The molecule has 0 unspecified atom stereocenters. The van der Waals surface area contributed by atoms with Gasteiger partial charge in [0.1, 0.15) is 6.04 Å². The fraction of sp³-hybridized carbons (Fsp3) is 0.471. The summed E-state index contributed by atoms with van der Waals surface area (Å²) in [5.74, 6) is -1.28. The van der Waals surface area contributed by atoms with Gasteiger partial charge in [0.05, 0.1) is 10.6 Å². The Kier molecular flexibility index (Phi) is 7.71. The third-order valence-corrected chi connectivity index (χ3v) is 3.88. The van der Waals surface area contributed by atoms with Gasteiger partial charge in [-0.15, -0.1) is 0 Å². The maximum absolute atomic E-state index is 12.1. The molecule has 0 heterocycles. The number of hydrogen-bond donors (Lipinski definition) is 2. The first kappa shape index (κ1) is 20.0. The zero-order valence-corrected chi connectivity index (χ0v) is 15.0. The second kappa shape index (κ2) is 9.27. The fourth-order valence-corrected chi connectivity index (χ4v) is 1.92. The SMILES string of the molecule is CC(C)[C@@H](C)NC(=O)COC(=O)[C@@H](C)NC(=O)c1ccccc1Cl. The van der Waals surface area contributed by atoms with Crippen LogP contribution in [-0.2, 0) is 14.3 Å². The minimum Gasteiger partial charge on any atom is -0.454 e. The lowest BCUT2D eigenvalue weighted by molar-refractivity contribution is -0.150. The Labute approximate surface area is 146 Å². The van der Waals surface area contributed by atoms with Crippen LogP contribution >= 0.6 is 11.6 Å². The highest BCUT2D eigenvalue weighted by Gasteiger charge is 2.20. The molecule has 0 fully saturated rings. The zero-order valence-electron chi connectivity index (χ0n) is 14.3. The molecular formula is C17H23ClN2O4. The van der Waals surface area contributed by atoms with E-state index in [0.717, 1.165) is 0 Å². The summed E-state index contributed by atoms with van der Waals surface area (Å²) >= 11 is 5.93. The zero-order chi connectivity index (χ0) is 18.3. The molecule has 0 aliphatic carbocycles. The Morgan fingerprint density at radius 2 is 1.71 bits per heavy atom. The van der Waals surface area contributed by atoms with Crippen LogP contribution in [0.25, 0.3) is 0 Å². The van der Waals surface area contributed by atoms with E-state index in [0.29, 0.717) is 0 Å². The van der Waals surface area contributed by atoms with Crippen molar-refractivity contribution in [3.05, 3.63) is 34.9 Å². The van der Waals surface area contributed by atoms with Gasteiger partial charge in [0.2, 0.25) is 0 Å². The van der Waals surface area contributed by atoms with Crippen LogP contribution in [0.4, 0.5) is 0 Å². The van der Waals surface area contributed by atoms with Gasteiger partial charge in [-0.05, 0) is 31.9 Å². The van der Waals surface area contributed by atoms with Crippen LogP contribution < -0.4 is 10.6 Å². The second-order valence-corrected chi connectivity index (χ2v) is 6.29. The van der Waals surface area contributed by atoms with E-state index in [2.05, 4.69) is 10.6 Å². The molecule has 0 bridgehead atoms. The molecule has 1 aromatic rings. The van der Waals surface area contributed by atoms with E-state index >= 15 is 0 Å². The van der Waals surface area contributed by atoms with Gasteiger partial charge >= 0.3 is 5.97 Å². The molecule has 0 aromatic heterocycles. The minimum absolute atomic E-state index is 0.0199. The summed E-state index contributed by atoms with van der Waals surface area (Å²) in [5.41, 5.74) is 0.266. The standard InChI is InChI=1S/C17H23ClN2O4/c1-10(2)11(3)19-15(21)9-24-17(23)12(4)20-16(22)13-7-5-6-8-14(13)18/h5-8,10-12H,9H2,1-4H3,(H,19,21)(H,20,22)/t11-,12-/m1/s1.